The van der Waals surface area contributed by atoms with Crippen LogP contribution in [0, 0.1) is 5.92 Å². The molecule has 0 spiro atoms. The monoisotopic (exact) mass is 354 g/mol. The van der Waals surface area contributed by atoms with E-state index >= 15 is 0 Å². The Kier molecular flexibility index (Phi) is 6.62. The van der Waals surface area contributed by atoms with Gasteiger partial charge in [0.15, 0.2) is 0 Å². The second-order valence-electron chi connectivity index (χ2n) is 5.86. The Morgan fingerprint density at radius 1 is 1.33 bits per heavy atom. The van der Waals surface area contributed by atoms with Crippen molar-refractivity contribution in [1.82, 2.24) is 9.62 Å². The Morgan fingerprint density at radius 3 is 2.79 bits per heavy atom. The van der Waals surface area contributed by atoms with E-state index in [9.17, 15) is 13.2 Å². The van der Waals surface area contributed by atoms with Crippen LogP contribution in [0.1, 0.15) is 32.3 Å². The molecule has 0 aliphatic carbocycles. The molecule has 1 atom stereocenters. The minimum atomic E-state index is -3.24. The van der Waals surface area contributed by atoms with E-state index in [4.69, 9.17) is 4.74 Å². The molecule has 1 aromatic carbocycles. The molecule has 6 nitrogen and oxygen atoms in total. The second-order valence-corrected chi connectivity index (χ2v) is 8.11. The van der Waals surface area contributed by atoms with Crippen LogP contribution in [0.5, 0.6) is 5.75 Å². The number of ether oxygens (including phenoxy) is 1. The minimum Gasteiger partial charge on any atom is -0.494 e. The number of nitrogens with zero attached hydrogens (tertiary/aromatic N) is 1. The zero-order chi connectivity index (χ0) is 17.6. The molecule has 1 fully saturated rings. The van der Waals surface area contributed by atoms with Gasteiger partial charge in [-0.1, -0.05) is 18.2 Å². The average Bonchev–Trinajstić information content (AvgIpc) is 2.61. The van der Waals surface area contributed by atoms with Gasteiger partial charge in [-0.3, -0.25) is 4.79 Å². The predicted molar refractivity (Wildman–Crippen MR) is 93.2 cm³/mol. The summed E-state index contributed by atoms with van der Waals surface area (Å²) in [6, 6.07) is 7.59. The molecule has 0 aromatic heterocycles. The van der Waals surface area contributed by atoms with Crippen LogP contribution >= 0.6 is 0 Å². The maximum Gasteiger partial charge on any atom is 0.224 e. The molecule has 1 amide bonds. The van der Waals surface area contributed by atoms with Crippen molar-refractivity contribution in [3.05, 3.63) is 29.8 Å². The first-order valence-corrected chi connectivity index (χ1v) is 10.0. The molecule has 0 radical (unpaired) electrons. The van der Waals surface area contributed by atoms with E-state index in [1.807, 2.05) is 31.2 Å². The smallest absolute Gasteiger partial charge is 0.224 e. The Balaban J connectivity index is 1.95. The highest BCUT2D eigenvalue weighted by atomic mass is 32.2. The molecule has 2 rings (SSSR count). The van der Waals surface area contributed by atoms with Crippen LogP contribution in [0.3, 0.4) is 0 Å². The van der Waals surface area contributed by atoms with Crippen LogP contribution in [0.15, 0.2) is 24.3 Å². The zero-order valence-electron chi connectivity index (χ0n) is 14.3. The Morgan fingerprint density at radius 2 is 2.08 bits per heavy atom. The maximum absolute atomic E-state index is 12.4. The summed E-state index contributed by atoms with van der Waals surface area (Å²) in [6.07, 6.45) is 1.43. The summed E-state index contributed by atoms with van der Waals surface area (Å²) in [7, 11) is -3.24. The van der Waals surface area contributed by atoms with E-state index in [0.29, 0.717) is 32.5 Å². The van der Waals surface area contributed by atoms with E-state index in [-0.39, 0.29) is 24.1 Å². The molecular weight excluding hydrogens is 328 g/mol. The van der Waals surface area contributed by atoms with Gasteiger partial charge in [0.25, 0.3) is 0 Å². The molecule has 1 N–H and O–H groups in total. The van der Waals surface area contributed by atoms with Crippen molar-refractivity contribution < 1.29 is 17.9 Å². The van der Waals surface area contributed by atoms with Crippen LogP contribution in [-0.2, 0) is 21.4 Å². The van der Waals surface area contributed by atoms with Gasteiger partial charge in [-0.2, -0.15) is 0 Å². The van der Waals surface area contributed by atoms with Crippen molar-refractivity contribution in [1.29, 1.82) is 0 Å². The van der Waals surface area contributed by atoms with Crippen molar-refractivity contribution in [2.24, 2.45) is 5.92 Å². The molecule has 1 aliphatic heterocycles. The van der Waals surface area contributed by atoms with E-state index in [0.717, 1.165) is 11.3 Å². The molecule has 1 saturated heterocycles. The number of piperidine rings is 1. The fourth-order valence-electron chi connectivity index (χ4n) is 2.86. The lowest BCUT2D eigenvalue weighted by Gasteiger charge is -2.31. The molecule has 134 valence electrons. The van der Waals surface area contributed by atoms with Gasteiger partial charge in [-0.15, -0.1) is 0 Å². The third kappa shape index (κ3) is 4.70. The number of sulfonamides is 1. The predicted octanol–water partition coefficient (Wildman–Crippen LogP) is 1.76. The van der Waals surface area contributed by atoms with E-state index in [1.165, 1.54) is 4.31 Å². The first-order chi connectivity index (χ1) is 11.5. The summed E-state index contributed by atoms with van der Waals surface area (Å²) in [4.78, 5) is 12.4. The second kappa shape index (κ2) is 8.48. The Hall–Kier alpha value is -1.60. The molecule has 1 heterocycles. The van der Waals surface area contributed by atoms with Crippen LogP contribution in [-0.4, -0.2) is 44.1 Å². The van der Waals surface area contributed by atoms with Crippen LogP contribution < -0.4 is 10.1 Å². The van der Waals surface area contributed by atoms with Crippen LogP contribution in [0.25, 0.3) is 0 Å². The summed E-state index contributed by atoms with van der Waals surface area (Å²) in [5, 5.41) is 2.92. The van der Waals surface area contributed by atoms with Crippen LogP contribution in [0.2, 0.25) is 0 Å². The van der Waals surface area contributed by atoms with Gasteiger partial charge in [0.05, 0.1) is 18.3 Å². The molecule has 7 heteroatoms. The van der Waals surface area contributed by atoms with Crippen molar-refractivity contribution >= 4 is 15.9 Å². The Labute approximate surface area is 144 Å². The van der Waals surface area contributed by atoms with Crippen molar-refractivity contribution in [3.8, 4) is 5.75 Å². The molecule has 0 bridgehead atoms. The van der Waals surface area contributed by atoms with Gasteiger partial charge >= 0.3 is 0 Å². The molecular formula is C17H26N2O4S. The van der Waals surface area contributed by atoms with E-state index < -0.39 is 10.0 Å². The molecule has 1 aromatic rings. The molecule has 1 aliphatic rings. The number of benzene rings is 1. The number of hydrogen-bond donors (Lipinski definition) is 1. The number of para-hydroxylation sites is 1. The molecule has 0 saturated carbocycles. The topological polar surface area (TPSA) is 75.7 Å². The summed E-state index contributed by atoms with van der Waals surface area (Å²) in [5.41, 5.74) is 0.918. The third-order valence-corrected chi connectivity index (χ3v) is 6.09. The SMILES string of the molecule is CCOc1ccccc1CNC(=O)C1CCCN(S(=O)(=O)CC)C1. The van der Waals surface area contributed by atoms with Gasteiger partial charge in [0.1, 0.15) is 5.75 Å². The van der Waals surface area contributed by atoms with Gasteiger partial charge < -0.3 is 10.1 Å². The van der Waals surface area contributed by atoms with Crippen LogP contribution in [0.4, 0.5) is 0 Å². The van der Waals surface area contributed by atoms with Crippen molar-refractivity contribution in [2.45, 2.75) is 33.2 Å². The summed E-state index contributed by atoms with van der Waals surface area (Å²) in [5.74, 6) is 0.444. The highest BCUT2D eigenvalue weighted by molar-refractivity contribution is 7.89. The number of nitrogens with one attached hydrogen (secondary N) is 1. The number of carbonyl (C=O) groups is 1. The molecule has 1 unspecified atom stereocenters. The first-order valence-electron chi connectivity index (χ1n) is 8.44. The van der Waals surface area contributed by atoms with E-state index in [1.54, 1.807) is 6.92 Å². The minimum absolute atomic E-state index is 0.0725. The highest BCUT2D eigenvalue weighted by Crippen LogP contribution is 2.21. The van der Waals surface area contributed by atoms with Crippen molar-refractivity contribution in [2.75, 3.05) is 25.4 Å². The fraction of sp³-hybridized carbons (Fsp3) is 0.588. The van der Waals surface area contributed by atoms with E-state index in [2.05, 4.69) is 5.32 Å². The lowest BCUT2D eigenvalue weighted by Crippen LogP contribution is -2.45. The third-order valence-electron chi connectivity index (χ3n) is 4.24. The van der Waals surface area contributed by atoms with Gasteiger partial charge in [0.2, 0.25) is 15.9 Å². The first kappa shape index (κ1) is 18.7. The maximum atomic E-state index is 12.4. The number of hydrogen-bond acceptors (Lipinski definition) is 4. The number of carbonyl (C=O) groups excluding carboxylic acids is 1. The standard InChI is InChI=1S/C17H26N2O4S/c1-3-23-16-10-6-5-8-14(16)12-18-17(20)15-9-7-11-19(13-15)24(21,22)4-2/h5-6,8,10,15H,3-4,7,9,11-13H2,1-2H3,(H,18,20). The van der Waals surface area contributed by atoms with Gasteiger partial charge in [-0.25, -0.2) is 12.7 Å². The summed E-state index contributed by atoms with van der Waals surface area (Å²) >= 11 is 0. The average molecular weight is 354 g/mol. The van der Waals surface area contributed by atoms with Gasteiger partial charge in [-0.05, 0) is 32.8 Å². The largest absolute Gasteiger partial charge is 0.494 e. The fourth-order valence-corrected chi connectivity index (χ4v) is 4.04. The normalized spacial score (nSPS) is 19.0. The zero-order valence-corrected chi connectivity index (χ0v) is 15.1. The number of amides is 1. The number of rotatable bonds is 7. The quantitative estimate of drug-likeness (QED) is 0.810. The van der Waals surface area contributed by atoms with Gasteiger partial charge in [0, 0.05) is 25.2 Å². The Bertz CT molecular complexity index is 660. The highest BCUT2D eigenvalue weighted by Gasteiger charge is 2.31. The lowest BCUT2D eigenvalue weighted by atomic mass is 9.98. The lowest BCUT2D eigenvalue weighted by molar-refractivity contribution is -0.126. The summed E-state index contributed by atoms with van der Waals surface area (Å²) in [6.45, 7) is 5.27. The molecule has 24 heavy (non-hydrogen) atoms. The van der Waals surface area contributed by atoms with Crippen molar-refractivity contribution in [3.63, 3.8) is 0 Å². The summed E-state index contributed by atoms with van der Waals surface area (Å²) < 4.78 is 31.0.